The van der Waals surface area contributed by atoms with Gasteiger partial charge in [-0.15, -0.1) is 11.3 Å². The Labute approximate surface area is 127 Å². The van der Waals surface area contributed by atoms with Crippen LogP contribution in [0.1, 0.15) is 43.8 Å². The van der Waals surface area contributed by atoms with E-state index >= 15 is 0 Å². The Morgan fingerprint density at radius 3 is 2.75 bits per heavy atom. The van der Waals surface area contributed by atoms with Crippen molar-refractivity contribution in [3.8, 4) is 0 Å². The van der Waals surface area contributed by atoms with E-state index in [0.29, 0.717) is 0 Å². The highest BCUT2D eigenvalue weighted by Crippen LogP contribution is 2.10. The molecule has 0 aliphatic heterocycles. The molecule has 0 fully saturated rings. The van der Waals surface area contributed by atoms with Crippen molar-refractivity contribution in [2.45, 2.75) is 46.6 Å². The van der Waals surface area contributed by atoms with Crippen molar-refractivity contribution in [3.63, 3.8) is 0 Å². The van der Waals surface area contributed by atoms with Gasteiger partial charge in [0, 0.05) is 26.0 Å². The predicted molar refractivity (Wildman–Crippen MR) is 88.4 cm³/mol. The zero-order valence-electron chi connectivity index (χ0n) is 13.4. The Kier molecular flexibility index (Phi) is 7.59. The number of unbranched alkanes of at least 4 members (excludes halogenated alkanes) is 1. The van der Waals surface area contributed by atoms with E-state index in [1.54, 1.807) is 11.3 Å². The molecule has 0 unspecified atom stereocenters. The lowest BCUT2D eigenvalue weighted by Crippen LogP contribution is -2.38. The number of nitrogens with one attached hydrogen (secondary N) is 1. The number of aliphatic imine (C=N–C) groups is 1. The topological polar surface area (TPSA) is 40.5 Å². The number of rotatable bonds is 7. The fourth-order valence-corrected chi connectivity index (χ4v) is 2.67. The molecule has 1 aromatic heterocycles. The Hall–Kier alpha value is -1.10. The van der Waals surface area contributed by atoms with Crippen molar-refractivity contribution in [2.24, 2.45) is 10.9 Å². The predicted octanol–water partition coefficient (Wildman–Crippen LogP) is 3.29. The SMILES string of the molecule is CN=C(NCCCCC(C)C)N(C)Cc1csc(C)n1. The average Bonchev–Trinajstić information content (AvgIpc) is 2.78. The van der Waals surface area contributed by atoms with Gasteiger partial charge in [0.2, 0.25) is 0 Å². The molecule has 0 aromatic carbocycles. The van der Waals surface area contributed by atoms with Crippen LogP contribution in [0.3, 0.4) is 0 Å². The van der Waals surface area contributed by atoms with Crippen LogP contribution in [0.25, 0.3) is 0 Å². The first-order valence-electron chi connectivity index (χ1n) is 7.35. The molecule has 0 saturated carbocycles. The largest absolute Gasteiger partial charge is 0.356 e. The van der Waals surface area contributed by atoms with Gasteiger partial charge in [-0.05, 0) is 19.3 Å². The van der Waals surface area contributed by atoms with Crippen LogP contribution in [0.5, 0.6) is 0 Å². The number of hydrogen-bond acceptors (Lipinski definition) is 3. The average molecular weight is 296 g/mol. The maximum atomic E-state index is 4.49. The first kappa shape index (κ1) is 17.0. The van der Waals surface area contributed by atoms with Crippen LogP contribution >= 0.6 is 11.3 Å². The number of nitrogens with zero attached hydrogens (tertiary/aromatic N) is 3. The minimum atomic E-state index is 0.796. The molecular weight excluding hydrogens is 268 g/mol. The second-order valence-electron chi connectivity index (χ2n) is 5.58. The summed E-state index contributed by atoms with van der Waals surface area (Å²) >= 11 is 1.69. The number of hydrogen-bond donors (Lipinski definition) is 1. The first-order chi connectivity index (χ1) is 9.52. The summed E-state index contributed by atoms with van der Waals surface area (Å²) in [5, 5.41) is 6.65. The highest BCUT2D eigenvalue weighted by molar-refractivity contribution is 7.09. The standard InChI is InChI=1S/C15H28N4S/c1-12(2)8-6-7-9-17-15(16-4)19(5)10-14-11-20-13(3)18-14/h11-12H,6-10H2,1-5H3,(H,16,17). The molecule has 0 saturated heterocycles. The monoisotopic (exact) mass is 296 g/mol. The van der Waals surface area contributed by atoms with E-state index in [0.717, 1.165) is 35.7 Å². The van der Waals surface area contributed by atoms with Crippen LogP contribution < -0.4 is 5.32 Å². The van der Waals surface area contributed by atoms with Crippen molar-refractivity contribution >= 4 is 17.3 Å². The quantitative estimate of drug-likeness (QED) is 0.477. The van der Waals surface area contributed by atoms with Crippen LogP contribution in [-0.2, 0) is 6.54 Å². The van der Waals surface area contributed by atoms with Crippen LogP contribution in [-0.4, -0.2) is 36.5 Å². The van der Waals surface area contributed by atoms with Gasteiger partial charge in [-0.25, -0.2) is 4.98 Å². The lowest BCUT2D eigenvalue weighted by molar-refractivity contribution is 0.465. The van der Waals surface area contributed by atoms with E-state index in [1.165, 1.54) is 19.3 Å². The summed E-state index contributed by atoms with van der Waals surface area (Å²) < 4.78 is 0. The summed E-state index contributed by atoms with van der Waals surface area (Å²) in [5.41, 5.74) is 1.11. The molecule has 1 aromatic rings. The van der Waals surface area contributed by atoms with E-state index in [2.05, 4.69) is 46.5 Å². The summed E-state index contributed by atoms with van der Waals surface area (Å²) in [4.78, 5) is 10.9. The summed E-state index contributed by atoms with van der Waals surface area (Å²) in [6.07, 6.45) is 3.77. The van der Waals surface area contributed by atoms with Gasteiger partial charge in [0.25, 0.3) is 0 Å². The molecule has 5 heteroatoms. The Morgan fingerprint density at radius 1 is 1.45 bits per heavy atom. The second kappa shape index (κ2) is 8.95. The van der Waals surface area contributed by atoms with Crippen molar-refractivity contribution < 1.29 is 0 Å². The van der Waals surface area contributed by atoms with Gasteiger partial charge in [0.1, 0.15) is 0 Å². The fourth-order valence-electron chi connectivity index (χ4n) is 2.06. The van der Waals surface area contributed by atoms with Crippen LogP contribution in [0.4, 0.5) is 0 Å². The molecular formula is C15H28N4S. The van der Waals surface area contributed by atoms with Crippen LogP contribution in [0.2, 0.25) is 0 Å². The zero-order valence-corrected chi connectivity index (χ0v) is 14.3. The van der Waals surface area contributed by atoms with Crippen molar-refractivity contribution in [1.82, 2.24) is 15.2 Å². The van der Waals surface area contributed by atoms with Gasteiger partial charge in [-0.3, -0.25) is 4.99 Å². The molecule has 0 amide bonds. The minimum absolute atomic E-state index is 0.796. The minimum Gasteiger partial charge on any atom is -0.356 e. The van der Waals surface area contributed by atoms with E-state index in [9.17, 15) is 0 Å². The van der Waals surface area contributed by atoms with E-state index in [4.69, 9.17) is 0 Å². The molecule has 20 heavy (non-hydrogen) atoms. The number of guanidine groups is 1. The molecule has 4 nitrogen and oxygen atoms in total. The normalized spacial score (nSPS) is 12.0. The van der Waals surface area contributed by atoms with Gasteiger partial charge in [0.15, 0.2) is 5.96 Å². The first-order valence-corrected chi connectivity index (χ1v) is 8.23. The van der Waals surface area contributed by atoms with E-state index in [-0.39, 0.29) is 0 Å². The summed E-state index contributed by atoms with van der Waals surface area (Å²) in [5.74, 6) is 1.74. The smallest absolute Gasteiger partial charge is 0.193 e. The van der Waals surface area contributed by atoms with Gasteiger partial charge < -0.3 is 10.2 Å². The molecule has 1 N–H and O–H groups in total. The summed E-state index contributed by atoms with van der Waals surface area (Å²) in [6, 6.07) is 0. The van der Waals surface area contributed by atoms with Crippen molar-refractivity contribution in [3.05, 3.63) is 16.1 Å². The molecule has 0 radical (unpaired) electrons. The molecule has 0 atom stereocenters. The van der Waals surface area contributed by atoms with Gasteiger partial charge in [-0.2, -0.15) is 0 Å². The Morgan fingerprint density at radius 2 is 2.20 bits per heavy atom. The highest BCUT2D eigenvalue weighted by atomic mass is 32.1. The fraction of sp³-hybridized carbons (Fsp3) is 0.733. The van der Waals surface area contributed by atoms with Gasteiger partial charge in [-0.1, -0.05) is 26.7 Å². The third-order valence-electron chi connectivity index (χ3n) is 3.13. The molecule has 0 spiro atoms. The van der Waals surface area contributed by atoms with Crippen molar-refractivity contribution in [1.29, 1.82) is 0 Å². The summed E-state index contributed by atoms with van der Waals surface area (Å²) in [6.45, 7) is 8.37. The third-order valence-corrected chi connectivity index (χ3v) is 3.95. The van der Waals surface area contributed by atoms with Crippen LogP contribution in [0, 0.1) is 12.8 Å². The Balaban J connectivity index is 2.31. The maximum absolute atomic E-state index is 4.49. The maximum Gasteiger partial charge on any atom is 0.193 e. The Bertz CT molecular complexity index is 412. The number of aryl methyl sites for hydroxylation is 1. The van der Waals surface area contributed by atoms with Gasteiger partial charge in [0.05, 0.1) is 17.2 Å². The third kappa shape index (κ3) is 6.37. The van der Waals surface area contributed by atoms with E-state index < -0.39 is 0 Å². The summed E-state index contributed by atoms with van der Waals surface area (Å²) in [7, 11) is 3.89. The number of aromatic nitrogens is 1. The second-order valence-corrected chi connectivity index (χ2v) is 6.64. The molecule has 0 aliphatic rings. The highest BCUT2D eigenvalue weighted by Gasteiger charge is 2.08. The molecule has 1 rings (SSSR count). The number of thiazole rings is 1. The van der Waals surface area contributed by atoms with Gasteiger partial charge >= 0.3 is 0 Å². The molecule has 0 bridgehead atoms. The van der Waals surface area contributed by atoms with E-state index in [1.807, 2.05) is 14.0 Å². The lowest BCUT2D eigenvalue weighted by Gasteiger charge is -2.21. The molecule has 0 aliphatic carbocycles. The molecule has 1 heterocycles. The zero-order chi connectivity index (χ0) is 15.0. The molecule has 114 valence electrons. The van der Waals surface area contributed by atoms with Crippen LogP contribution in [0.15, 0.2) is 10.4 Å². The lowest BCUT2D eigenvalue weighted by atomic mass is 10.1. The van der Waals surface area contributed by atoms with Crippen molar-refractivity contribution in [2.75, 3.05) is 20.6 Å².